The topological polar surface area (TPSA) is 110 Å². The van der Waals surface area contributed by atoms with E-state index in [1.54, 1.807) is 0 Å². The Balaban J connectivity index is 2.30. The van der Waals surface area contributed by atoms with Gasteiger partial charge >= 0.3 is 0 Å². The molecule has 1 aromatic heterocycles. The van der Waals surface area contributed by atoms with Crippen molar-refractivity contribution in [1.29, 1.82) is 0 Å². The Bertz CT molecular complexity index is 703. The molecule has 7 nitrogen and oxygen atoms in total. The van der Waals surface area contributed by atoms with Crippen molar-refractivity contribution >= 4 is 33.3 Å². The van der Waals surface area contributed by atoms with Crippen LogP contribution in [0.3, 0.4) is 0 Å². The van der Waals surface area contributed by atoms with Crippen LogP contribution in [0.25, 0.3) is 0 Å². The zero-order valence-electron chi connectivity index (χ0n) is 9.84. The fourth-order valence-corrected chi connectivity index (χ4v) is 2.51. The van der Waals surface area contributed by atoms with Crippen LogP contribution in [-0.4, -0.2) is 18.4 Å². The van der Waals surface area contributed by atoms with Gasteiger partial charge in [-0.25, -0.2) is 28.6 Å². The molecular weight excluding hydrogens is 309 g/mol. The van der Waals surface area contributed by atoms with Gasteiger partial charge in [-0.2, -0.15) is 0 Å². The van der Waals surface area contributed by atoms with Crippen LogP contribution in [0.5, 0.6) is 0 Å². The summed E-state index contributed by atoms with van der Waals surface area (Å²) in [7, 11) is -3.94. The van der Waals surface area contributed by atoms with E-state index in [0.717, 1.165) is 24.5 Å². The lowest BCUT2D eigenvalue weighted by Gasteiger charge is -2.08. The standard InChI is InChI=1S/C10H9ClFN5O2S/c11-6-1-7(12)3-8(2-6)17-20(18,19)9-4-14-10(16-13)15-5-9/h1-5,17H,13H2,(H,14,15,16). The molecule has 4 N–H and O–H groups in total. The summed E-state index contributed by atoms with van der Waals surface area (Å²) < 4.78 is 39.3. The molecule has 0 fully saturated rings. The fraction of sp³-hybridized carbons (Fsp3) is 0. The van der Waals surface area contributed by atoms with E-state index >= 15 is 0 Å². The number of halogens is 2. The van der Waals surface area contributed by atoms with Crippen LogP contribution in [0.4, 0.5) is 16.0 Å². The first kappa shape index (κ1) is 14.4. The van der Waals surface area contributed by atoms with Gasteiger partial charge in [0.2, 0.25) is 5.95 Å². The normalized spacial score (nSPS) is 11.2. The Morgan fingerprint density at radius 1 is 1.20 bits per heavy atom. The number of rotatable bonds is 4. The molecule has 0 aliphatic carbocycles. The molecule has 0 spiro atoms. The van der Waals surface area contributed by atoms with Gasteiger partial charge in [-0.3, -0.25) is 10.1 Å². The third-order valence-electron chi connectivity index (χ3n) is 2.18. The molecule has 0 bridgehead atoms. The zero-order valence-corrected chi connectivity index (χ0v) is 11.4. The number of nitrogens with zero attached hydrogens (tertiary/aromatic N) is 2. The van der Waals surface area contributed by atoms with E-state index < -0.39 is 15.8 Å². The van der Waals surface area contributed by atoms with Gasteiger partial charge in [0.05, 0.1) is 18.1 Å². The Hall–Kier alpha value is -1.97. The Labute approximate surface area is 119 Å². The lowest BCUT2D eigenvalue weighted by molar-refractivity contribution is 0.600. The summed E-state index contributed by atoms with van der Waals surface area (Å²) >= 11 is 5.64. The summed E-state index contributed by atoms with van der Waals surface area (Å²) in [5.41, 5.74) is 2.16. The summed E-state index contributed by atoms with van der Waals surface area (Å²) in [6, 6.07) is 3.34. The highest BCUT2D eigenvalue weighted by Crippen LogP contribution is 2.21. The largest absolute Gasteiger partial charge is 0.292 e. The molecule has 0 saturated carbocycles. The number of benzene rings is 1. The van der Waals surface area contributed by atoms with Gasteiger partial charge in [0.15, 0.2) is 0 Å². The van der Waals surface area contributed by atoms with Crippen LogP contribution >= 0.6 is 11.6 Å². The molecule has 0 unspecified atom stereocenters. The Morgan fingerprint density at radius 3 is 2.40 bits per heavy atom. The van der Waals surface area contributed by atoms with Gasteiger partial charge in [0.25, 0.3) is 10.0 Å². The molecule has 106 valence electrons. The highest BCUT2D eigenvalue weighted by atomic mass is 35.5. The smallest absolute Gasteiger partial charge is 0.264 e. The number of nitrogens with two attached hydrogens (primary N) is 1. The molecule has 0 atom stereocenters. The van der Waals surface area contributed by atoms with Crippen molar-refractivity contribution in [3.05, 3.63) is 41.4 Å². The van der Waals surface area contributed by atoms with E-state index in [-0.39, 0.29) is 21.6 Å². The minimum atomic E-state index is -3.94. The number of hydrazine groups is 1. The molecule has 20 heavy (non-hydrogen) atoms. The van der Waals surface area contributed by atoms with E-state index in [9.17, 15) is 12.8 Å². The third-order valence-corrected chi connectivity index (χ3v) is 3.74. The highest BCUT2D eigenvalue weighted by Gasteiger charge is 2.16. The lowest BCUT2D eigenvalue weighted by atomic mass is 10.3. The fourth-order valence-electron chi connectivity index (χ4n) is 1.36. The second-order valence-corrected chi connectivity index (χ2v) is 5.77. The van der Waals surface area contributed by atoms with Gasteiger partial charge in [0.1, 0.15) is 10.7 Å². The number of nitrogens with one attached hydrogen (secondary N) is 2. The first-order valence-electron chi connectivity index (χ1n) is 5.18. The Morgan fingerprint density at radius 2 is 1.85 bits per heavy atom. The zero-order chi connectivity index (χ0) is 14.8. The minimum absolute atomic E-state index is 0.00368. The quantitative estimate of drug-likeness (QED) is 0.580. The van der Waals surface area contributed by atoms with Crippen LogP contribution in [0, 0.1) is 5.82 Å². The molecule has 2 aromatic rings. The van der Waals surface area contributed by atoms with Gasteiger partial charge in [-0.1, -0.05) is 11.6 Å². The molecule has 2 rings (SSSR count). The summed E-state index contributed by atoms with van der Waals surface area (Å²) in [4.78, 5) is 7.15. The SMILES string of the molecule is NNc1ncc(S(=O)(=O)Nc2cc(F)cc(Cl)c2)cn1. The minimum Gasteiger partial charge on any atom is -0.292 e. The molecule has 0 aliphatic rings. The van der Waals surface area contributed by atoms with Gasteiger partial charge in [-0.15, -0.1) is 0 Å². The van der Waals surface area contributed by atoms with Crippen LogP contribution in [-0.2, 0) is 10.0 Å². The Kier molecular flexibility index (Phi) is 4.02. The van der Waals surface area contributed by atoms with E-state index in [0.29, 0.717) is 0 Å². The molecule has 10 heteroatoms. The maximum absolute atomic E-state index is 13.1. The summed E-state index contributed by atoms with van der Waals surface area (Å²) in [5, 5.41) is 0.0710. The number of hydrogen-bond donors (Lipinski definition) is 3. The monoisotopic (exact) mass is 317 g/mol. The van der Waals surface area contributed by atoms with Crippen LogP contribution in [0.2, 0.25) is 5.02 Å². The van der Waals surface area contributed by atoms with Crippen molar-refractivity contribution in [2.45, 2.75) is 4.90 Å². The van der Waals surface area contributed by atoms with Crippen LogP contribution in [0.1, 0.15) is 0 Å². The second kappa shape index (κ2) is 5.57. The molecule has 0 radical (unpaired) electrons. The summed E-state index contributed by atoms with van der Waals surface area (Å²) in [5.74, 6) is 4.48. The maximum atomic E-state index is 13.1. The summed E-state index contributed by atoms with van der Waals surface area (Å²) in [6.07, 6.45) is 2.12. The van der Waals surface area contributed by atoms with Crippen molar-refractivity contribution in [3.8, 4) is 0 Å². The molecule has 0 saturated heterocycles. The van der Waals surface area contributed by atoms with Crippen LogP contribution in [0.15, 0.2) is 35.5 Å². The summed E-state index contributed by atoms with van der Waals surface area (Å²) in [6.45, 7) is 0. The first-order valence-corrected chi connectivity index (χ1v) is 7.04. The van der Waals surface area contributed by atoms with E-state index in [1.807, 2.05) is 0 Å². The molecule has 0 aliphatic heterocycles. The number of hydrogen-bond acceptors (Lipinski definition) is 6. The van der Waals surface area contributed by atoms with Crippen molar-refractivity contribution in [2.24, 2.45) is 5.84 Å². The van der Waals surface area contributed by atoms with Crippen molar-refractivity contribution < 1.29 is 12.8 Å². The highest BCUT2D eigenvalue weighted by molar-refractivity contribution is 7.92. The number of nitrogen functional groups attached to an aromatic ring is 1. The molecule has 1 aromatic carbocycles. The number of aromatic nitrogens is 2. The van der Waals surface area contributed by atoms with Gasteiger partial charge in [0, 0.05) is 5.02 Å². The van der Waals surface area contributed by atoms with E-state index in [4.69, 9.17) is 17.4 Å². The average Bonchev–Trinajstić information content (AvgIpc) is 2.37. The third kappa shape index (κ3) is 3.32. The van der Waals surface area contributed by atoms with E-state index in [2.05, 4.69) is 20.1 Å². The van der Waals surface area contributed by atoms with Gasteiger partial charge < -0.3 is 0 Å². The molecule has 0 amide bonds. The van der Waals surface area contributed by atoms with Gasteiger partial charge in [-0.05, 0) is 18.2 Å². The van der Waals surface area contributed by atoms with Crippen molar-refractivity contribution in [1.82, 2.24) is 9.97 Å². The van der Waals surface area contributed by atoms with Crippen LogP contribution < -0.4 is 16.0 Å². The predicted molar refractivity (Wildman–Crippen MR) is 72.1 cm³/mol. The number of sulfonamides is 1. The first-order chi connectivity index (χ1) is 9.40. The second-order valence-electron chi connectivity index (χ2n) is 3.65. The average molecular weight is 318 g/mol. The maximum Gasteiger partial charge on any atom is 0.264 e. The van der Waals surface area contributed by atoms with E-state index in [1.165, 1.54) is 6.07 Å². The number of anilines is 2. The lowest BCUT2D eigenvalue weighted by Crippen LogP contribution is -2.15. The predicted octanol–water partition coefficient (Wildman–Crippen LogP) is 1.36. The van der Waals surface area contributed by atoms with Crippen molar-refractivity contribution in [2.75, 3.05) is 10.1 Å². The van der Waals surface area contributed by atoms with Crippen molar-refractivity contribution in [3.63, 3.8) is 0 Å². The molecular formula is C10H9ClFN5O2S. The molecule has 1 heterocycles.